The molecule has 0 saturated carbocycles. The van der Waals surface area contributed by atoms with Gasteiger partial charge >= 0.3 is 0 Å². The van der Waals surface area contributed by atoms with E-state index in [2.05, 4.69) is 40.9 Å². The lowest BCUT2D eigenvalue weighted by molar-refractivity contribution is -0.117. The predicted molar refractivity (Wildman–Crippen MR) is 108 cm³/mol. The van der Waals surface area contributed by atoms with Crippen LogP contribution < -0.4 is 0 Å². The van der Waals surface area contributed by atoms with Crippen molar-refractivity contribution in [1.29, 1.82) is 0 Å². The van der Waals surface area contributed by atoms with Gasteiger partial charge in [0.1, 0.15) is 0 Å². The van der Waals surface area contributed by atoms with Gasteiger partial charge in [-0.3, -0.25) is 9.20 Å². The van der Waals surface area contributed by atoms with Crippen molar-refractivity contribution >= 4 is 57.7 Å². The quantitative estimate of drug-likeness (QED) is 0.473. The lowest BCUT2D eigenvalue weighted by atomic mass is 10.2. The van der Waals surface area contributed by atoms with Gasteiger partial charge in [0.05, 0.1) is 15.9 Å². The Hall–Kier alpha value is -2.08. The highest BCUT2D eigenvalue weighted by Gasteiger charge is 2.10. The number of carbonyl (C=O) groups is 1. The first-order valence-corrected chi connectivity index (χ1v) is 8.18. The number of fused-ring (bicyclic) bond motifs is 3. The van der Waals surface area contributed by atoms with Gasteiger partial charge in [0.25, 0.3) is 0 Å². The number of aromatic nitrogens is 2. The Morgan fingerprint density at radius 1 is 1.16 bits per heavy atom. The van der Waals surface area contributed by atoms with E-state index in [1.54, 1.807) is 23.3 Å². The smallest absolute Gasteiger partial charge is 0.209 e. The molecule has 0 N–H and O–H groups in total. The molecular weight excluding hydrogens is 377 g/mol. The SMILES string of the molecule is CN(C=O)Cc1ccc2c(c1)sc1nc(-c3ccccc3)cn12.Cl.Cl. The van der Waals surface area contributed by atoms with Crippen LogP contribution in [0.4, 0.5) is 0 Å². The number of rotatable bonds is 4. The molecule has 0 aliphatic rings. The fourth-order valence-corrected chi connectivity index (χ4v) is 3.79. The number of amides is 1. The normalized spacial score (nSPS) is 10.3. The van der Waals surface area contributed by atoms with Gasteiger partial charge in [-0.2, -0.15) is 0 Å². The summed E-state index contributed by atoms with van der Waals surface area (Å²) in [5.74, 6) is 0. The van der Waals surface area contributed by atoms with Crippen molar-refractivity contribution in [2.45, 2.75) is 6.54 Å². The molecule has 0 aliphatic carbocycles. The number of hydrogen-bond donors (Lipinski definition) is 0. The molecular formula is C18H17Cl2N3OS. The summed E-state index contributed by atoms with van der Waals surface area (Å²) in [6, 6.07) is 16.5. The third kappa shape index (κ3) is 3.63. The zero-order valence-corrected chi connectivity index (χ0v) is 15.9. The van der Waals surface area contributed by atoms with E-state index in [9.17, 15) is 4.79 Å². The molecule has 0 aliphatic heterocycles. The highest BCUT2D eigenvalue weighted by molar-refractivity contribution is 7.23. The molecule has 4 nitrogen and oxygen atoms in total. The van der Waals surface area contributed by atoms with Gasteiger partial charge in [-0.25, -0.2) is 4.98 Å². The number of hydrogen-bond acceptors (Lipinski definition) is 3. The van der Waals surface area contributed by atoms with Crippen LogP contribution in [0.2, 0.25) is 0 Å². The molecule has 2 heterocycles. The molecule has 0 bridgehead atoms. The van der Waals surface area contributed by atoms with E-state index in [0.717, 1.165) is 33.7 Å². The average Bonchev–Trinajstić information content (AvgIpc) is 3.13. The van der Waals surface area contributed by atoms with Crippen LogP contribution in [-0.4, -0.2) is 27.7 Å². The van der Waals surface area contributed by atoms with E-state index < -0.39 is 0 Å². The van der Waals surface area contributed by atoms with Crippen LogP contribution >= 0.6 is 36.2 Å². The average molecular weight is 394 g/mol. The van der Waals surface area contributed by atoms with Crippen LogP contribution in [0.3, 0.4) is 0 Å². The molecule has 0 unspecified atom stereocenters. The van der Waals surface area contributed by atoms with E-state index in [1.807, 2.05) is 18.2 Å². The third-order valence-electron chi connectivity index (χ3n) is 3.84. The summed E-state index contributed by atoms with van der Waals surface area (Å²) in [5, 5.41) is 0. The second kappa shape index (κ2) is 7.87. The molecule has 0 fully saturated rings. The molecule has 7 heteroatoms. The Balaban J connectivity index is 0.00000113. The Labute approximate surface area is 161 Å². The minimum Gasteiger partial charge on any atom is -0.344 e. The van der Waals surface area contributed by atoms with Crippen molar-refractivity contribution in [2.75, 3.05) is 7.05 Å². The number of halogens is 2. The maximum Gasteiger partial charge on any atom is 0.209 e. The summed E-state index contributed by atoms with van der Waals surface area (Å²) in [7, 11) is 1.78. The van der Waals surface area contributed by atoms with Crippen LogP contribution in [0.25, 0.3) is 26.4 Å². The molecule has 4 rings (SSSR count). The van der Waals surface area contributed by atoms with Crippen molar-refractivity contribution in [3.8, 4) is 11.3 Å². The maximum atomic E-state index is 10.8. The molecule has 130 valence electrons. The van der Waals surface area contributed by atoms with E-state index in [4.69, 9.17) is 4.98 Å². The number of imidazole rings is 1. The van der Waals surface area contributed by atoms with Gasteiger partial charge in [0.2, 0.25) is 6.41 Å². The second-order valence-corrected chi connectivity index (χ2v) is 6.58. The molecule has 0 saturated heterocycles. The van der Waals surface area contributed by atoms with Crippen molar-refractivity contribution in [3.05, 3.63) is 60.3 Å². The monoisotopic (exact) mass is 393 g/mol. The summed E-state index contributed by atoms with van der Waals surface area (Å²) in [4.78, 5) is 18.1. The van der Waals surface area contributed by atoms with Crippen LogP contribution in [0, 0.1) is 0 Å². The summed E-state index contributed by atoms with van der Waals surface area (Å²) in [6.45, 7) is 0.620. The van der Waals surface area contributed by atoms with Crippen LogP contribution in [0.5, 0.6) is 0 Å². The molecule has 4 aromatic rings. The standard InChI is InChI=1S/C18H15N3OS.2ClH/c1-20(12-22)10-13-7-8-16-17(9-13)23-18-19-15(11-21(16)18)14-5-3-2-4-6-14;;/h2-9,11-12H,10H2,1H3;2*1H. The maximum absolute atomic E-state index is 10.8. The van der Waals surface area contributed by atoms with Crippen LogP contribution in [0.1, 0.15) is 5.56 Å². The van der Waals surface area contributed by atoms with Crippen molar-refractivity contribution in [1.82, 2.24) is 14.3 Å². The first-order chi connectivity index (χ1) is 11.2. The topological polar surface area (TPSA) is 37.6 Å². The van der Waals surface area contributed by atoms with E-state index >= 15 is 0 Å². The minimum absolute atomic E-state index is 0. The third-order valence-corrected chi connectivity index (χ3v) is 4.86. The lowest BCUT2D eigenvalue weighted by Gasteiger charge is -2.09. The summed E-state index contributed by atoms with van der Waals surface area (Å²) < 4.78 is 3.32. The van der Waals surface area contributed by atoms with Crippen molar-refractivity contribution in [3.63, 3.8) is 0 Å². The van der Waals surface area contributed by atoms with Gasteiger partial charge in [0.15, 0.2) is 4.96 Å². The molecule has 25 heavy (non-hydrogen) atoms. The first kappa shape index (κ1) is 19.2. The number of nitrogens with zero attached hydrogens (tertiary/aromatic N) is 3. The second-order valence-electron chi connectivity index (χ2n) is 5.57. The van der Waals surface area contributed by atoms with Gasteiger partial charge in [-0.15, -0.1) is 24.8 Å². The largest absolute Gasteiger partial charge is 0.344 e. The highest BCUT2D eigenvalue weighted by Crippen LogP contribution is 2.30. The van der Waals surface area contributed by atoms with Gasteiger partial charge < -0.3 is 4.90 Å². The first-order valence-electron chi connectivity index (χ1n) is 7.36. The number of thiazole rings is 1. The van der Waals surface area contributed by atoms with Crippen LogP contribution in [-0.2, 0) is 11.3 Å². The number of benzene rings is 2. The van der Waals surface area contributed by atoms with Gasteiger partial charge in [-0.1, -0.05) is 47.7 Å². The zero-order valence-electron chi connectivity index (χ0n) is 13.5. The predicted octanol–water partition coefficient (Wildman–Crippen LogP) is 4.65. The zero-order chi connectivity index (χ0) is 15.8. The summed E-state index contributed by atoms with van der Waals surface area (Å²) in [5.41, 5.74) is 4.39. The molecule has 0 spiro atoms. The molecule has 2 aromatic carbocycles. The van der Waals surface area contributed by atoms with Gasteiger partial charge in [0, 0.05) is 25.4 Å². The molecule has 2 aromatic heterocycles. The Kier molecular flexibility index (Phi) is 6.06. The van der Waals surface area contributed by atoms with Crippen molar-refractivity contribution < 1.29 is 4.79 Å². The fourth-order valence-electron chi connectivity index (χ4n) is 2.72. The highest BCUT2D eigenvalue weighted by atomic mass is 35.5. The Morgan fingerprint density at radius 2 is 1.92 bits per heavy atom. The van der Waals surface area contributed by atoms with Crippen molar-refractivity contribution in [2.24, 2.45) is 0 Å². The van der Waals surface area contributed by atoms with Crippen LogP contribution in [0.15, 0.2) is 54.7 Å². The molecule has 1 amide bonds. The number of carbonyl (C=O) groups excluding carboxylic acids is 1. The fraction of sp³-hybridized carbons (Fsp3) is 0.111. The summed E-state index contributed by atoms with van der Waals surface area (Å²) >= 11 is 1.67. The lowest BCUT2D eigenvalue weighted by Crippen LogP contribution is -2.14. The van der Waals surface area contributed by atoms with E-state index in [-0.39, 0.29) is 24.8 Å². The minimum atomic E-state index is 0. The molecule has 0 radical (unpaired) electrons. The van der Waals surface area contributed by atoms with Gasteiger partial charge in [-0.05, 0) is 17.7 Å². The Morgan fingerprint density at radius 3 is 2.64 bits per heavy atom. The summed E-state index contributed by atoms with van der Waals surface area (Å²) in [6.07, 6.45) is 2.93. The van der Waals surface area contributed by atoms with E-state index in [1.165, 1.54) is 4.70 Å². The Bertz CT molecular complexity index is 998. The molecule has 0 atom stereocenters. The van der Waals surface area contributed by atoms with E-state index in [0.29, 0.717) is 6.54 Å².